The number of rotatable bonds is 8. The Hall–Kier alpha value is -9.54. The number of allylic oxidation sites excluding steroid dienone is 1. The summed E-state index contributed by atoms with van der Waals surface area (Å²) in [6, 6.07) is 1.07. The number of nitrogens with two attached hydrogens (primary N) is 1. The molecule has 5 aliphatic rings. The minimum Gasteiger partial charge on any atom is -0.506 e. The molecule has 1 aromatic carbocycles. The zero-order valence-electron chi connectivity index (χ0n) is 53.2. The first kappa shape index (κ1) is 68.0. The SMILES string of the molecule is C=C(NC(=O)c1csc(-c2nc3c(cc2O)-c2nc(cs2)C(=O)N[C@@H]([C@@H](C)O)C(=O)NC(=C(C)OC)c2nc(cs2)C(=O)N[C@@H]2c4nc(cs4)C(=O)N[C@@H](COC(=O)c4c5c6c(cccc6n4O)COC(=O)[C@@H](O[C@H]4C[C@]6(C)O[C@H](C)N(C)[C@@H]6[C@H](C)O4)[C@H]2OC5)c2nc-3cs2)n1)C(N)=O. The molecule has 0 aliphatic carbocycles. The number of carbonyl (C=O) groups is 8. The smallest absolute Gasteiger partial charge is 0.358 e. The number of carbonyl (C=O) groups excluding carboxylic acids is 8. The topological polar surface area (TPSA) is 434 Å². The summed E-state index contributed by atoms with van der Waals surface area (Å²) < 4.78 is 45.2. The number of thiazole rings is 5. The van der Waals surface area contributed by atoms with Gasteiger partial charge in [-0.3, -0.25) is 33.7 Å². The number of pyridine rings is 1. The van der Waals surface area contributed by atoms with Gasteiger partial charge in [-0.15, -0.1) is 56.7 Å². The summed E-state index contributed by atoms with van der Waals surface area (Å²) in [6.07, 6.45) is -7.15. The number of fused-ring (bicyclic) bond motifs is 16. The molecular weight excluding hydrogens is 1390 g/mol. The van der Waals surface area contributed by atoms with Gasteiger partial charge in [0.15, 0.2) is 18.1 Å². The number of hydrogen-bond donors (Lipinski definition) is 9. The van der Waals surface area contributed by atoms with Gasteiger partial charge in [-0.1, -0.05) is 18.7 Å². The van der Waals surface area contributed by atoms with Crippen molar-refractivity contribution in [2.75, 3.05) is 20.8 Å². The largest absolute Gasteiger partial charge is 0.506 e. The second-order valence-electron chi connectivity index (χ2n) is 23.7. The Kier molecular flexibility index (Phi) is 18.5. The molecule has 10 N–H and O–H groups in total. The van der Waals surface area contributed by atoms with E-state index in [-0.39, 0.29) is 117 Å². The average molecular weight is 1450 g/mol. The number of nitrogens with one attached hydrogen (secondary N) is 5. The molecule has 8 aromatic rings. The minimum atomic E-state index is -1.85. The lowest BCUT2D eigenvalue weighted by Gasteiger charge is -2.45. The Bertz CT molecular complexity index is 4690. The molecule has 0 unspecified atom stereocenters. The summed E-state index contributed by atoms with van der Waals surface area (Å²) in [5.41, 5.74) is 2.83. The number of esters is 2. The van der Waals surface area contributed by atoms with Gasteiger partial charge in [-0.2, -0.15) is 4.73 Å². The maximum absolute atomic E-state index is 15.2. The van der Waals surface area contributed by atoms with E-state index in [1.165, 1.54) is 60.0 Å². The Balaban J connectivity index is 0.983. The van der Waals surface area contributed by atoms with Crippen molar-refractivity contribution >= 4 is 121 Å². The highest BCUT2D eigenvalue weighted by Crippen LogP contribution is 2.45. The average Bonchev–Trinajstić information content (AvgIpc) is 1.61. The highest BCUT2D eigenvalue weighted by molar-refractivity contribution is 7.14. The molecule has 99 heavy (non-hydrogen) atoms. The van der Waals surface area contributed by atoms with E-state index in [0.29, 0.717) is 10.3 Å². The quantitative estimate of drug-likeness (QED) is 0.0433. The molecule has 0 radical (unpaired) electrons. The zero-order chi connectivity index (χ0) is 70.2. The van der Waals surface area contributed by atoms with Crippen molar-refractivity contribution in [3.8, 4) is 38.4 Å². The highest BCUT2D eigenvalue weighted by Gasteiger charge is 2.56. The number of aliphatic hydroxyl groups excluding tert-OH is 1. The van der Waals surface area contributed by atoms with E-state index < -0.39 is 139 Å². The van der Waals surface area contributed by atoms with Crippen molar-refractivity contribution in [3.63, 3.8) is 0 Å². The monoisotopic (exact) mass is 1450 g/mol. The number of methoxy groups -OCH3 is 1. The predicted molar refractivity (Wildman–Crippen MR) is 352 cm³/mol. The van der Waals surface area contributed by atoms with E-state index >= 15 is 19.2 Å². The van der Waals surface area contributed by atoms with Crippen LogP contribution in [0.4, 0.5) is 0 Å². The standard InChI is InChI=1S/C62H60N14O18S5/c1-22(49(63)79)64-50(80)32-19-98-58(69-32)43-37(78)12-28-42(71-43)31-17-96-56(66-31)30-16-91-60(85)45-29-15-89-46(47(61(86)90-14-27-10-9-11-36(39(27)29)76(45)87)93-38-13-62(6)48(25(4)92-38)75(7)26(5)94-62)44(59-70-33(20-99-59)51(81)65-30)74-53(83)35-21-97-57(68-35)41(24(3)88-8)73-54(84)40(23(2)77)72-52(82)34-18-95-55(28)67-34/h9-12,17-21,23,25-26,30,38,40,44,46-48,77-78,87H,1,13-16H2,2-8H3,(H2,63,79)(H,64,80)(H,65,81)(H,72,82)(H,73,84)(H,74,83)/t23-,25+,26-,30+,38+,40+,44+,46+,47+,48-,62+/m1/s1. The Morgan fingerprint density at radius 1 is 0.848 bits per heavy atom. The Morgan fingerprint density at radius 3 is 2.27 bits per heavy atom. The van der Waals surface area contributed by atoms with E-state index in [9.17, 15) is 34.6 Å². The van der Waals surface area contributed by atoms with Crippen LogP contribution in [0.25, 0.3) is 49.3 Å². The van der Waals surface area contributed by atoms with Crippen LogP contribution in [0.1, 0.15) is 132 Å². The number of aliphatic hydroxyl groups is 1. The summed E-state index contributed by atoms with van der Waals surface area (Å²) >= 11 is 4.53. The van der Waals surface area contributed by atoms with Crippen LogP contribution in [-0.4, -0.2) is 178 Å². The van der Waals surface area contributed by atoms with E-state index in [0.717, 1.165) is 56.7 Å². The lowest BCUT2D eigenvalue weighted by Crippen LogP contribution is -2.58. The molecule has 2 saturated heterocycles. The third-order valence-electron chi connectivity index (χ3n) is 17.2. The van der Waals surface area contributed by atoms with E-state index in [2.05, 4.69) is 48.1 Å². The second-order valence-corrected chi connectivity index (χ2v) is 28.1. The Morgan fingerprint density at radius 2 is 1.53 bits per heavy atom. The maximum atomic E-state index is 15.2. The van der Waals surface area contributed by atoms with E-state index in [4.69, 9.17) is 53.8 Å². The fraction of sp³-hybridized carbons (Fsp3) is 0.355. The van der Waals surface area contributed by atoms with E-state index in [1.807, 2.05) is 32.7 Å². The number of cyclic esters (lactones) is 2. The van der Waals surface area contributed by atoms with Gasteiger partial charge in [0.2, 0.25) is 5.91 Å². The third kappa shape index (κ3) is 12.9. The number of hydrogen-bond acceptors (Lipinski definition) is 30. The molecule has 0 saturated carbocycles. The highest BCUT2D eigenvalue weighted by atomic mass is 32.1. The van der Waals surface area contributed by atoms with Crippen LogP contribution in [0.3, 0.4) is 0 Å². The second kappa shape index (κ2) is 26.9. The molecule has 12 heterocycles. The van der Waals surface area contributed by atoms with Crippen LogP contribution >= 0.6 is 56.7 Å². The van der Waals surface area contributed by atoms with Gasteiger partial charge in [0.1, 0.15) is 126 Å². The molecule has 6 amide bonds. The molecule has 12 bridgehead atoms. The molecule has 7 aromatic heterocycles. The first-order valence-corrected chi connectivity index (χ1v) is 34.7. The van der Waals surface area contributed by atoms with Crippen molar-refractivity contribution in [3.05, 3.63) is 124 Å². The van der Waals surface area contributed by atoms with Gasteiger partial charge >= 0.3 is 11.9 Å². The van der Waals surface area contributed by atoms with E-state index in [1.54, 1.807) is 12.1 Å². The molecule has 37 heteroatoms. The van der Waals surface area contributed by atoms with Crippen LogP contribution in [-0.2, 0) is 60.8 Å². The molecule has 13 rings (SSSR count). The van der Waals surface area contributed by atoms with Gasteiger partial charge < -0.3 is 80.9 Å². The lowest BCUT2D eigenvalue weighted by atomic mass is 9.86. The third-order valence-corrected chi connectivity index (χ3v) is 21.7. The number of ether oxygens (including phenoxy) is 7. The number of primary amides is 1. The number of nitrogens with zero attached hydrogens (tertiary/aromatic N) is 8. The van der Waals surface area contributed by atoms with Crippen LogP contribution < -0.4 is 32.3 Å². The first-order valence-electron chi connectivity index (χ1n) is 30.3. The fourth-order valence-corrected chi connectivity index (χ4v) is 16.5. The molecular formula is C62H60N14O18S5. The number of aromatic hydroxyl groups is 1. The van der Waals surface area contributed by atoms with Crippen LogP contribution in [0.2, 0.25) is 0 Å². The van der Waals surface area contributed by atoms with Crippen LogP contribution in [0.5, 0.6) is 5.75 Å². The van der Waals surface area contributed by atoms with Gasteiger partial charge in [0, 0.05) is 49.8 Å². The predicted octanol–water partition coefficient (Wildman–Crippen LogP) is 4.65. The Labute approximate surface area is 580 Å². The lowest BCUT2D eigenvalue weighted by molar-refractivity contribution is -0.269. The minimum absolute atomic E-state index is 0.00319. The molecule has 0 spiro atoms. The summed E-state index contributed by atoms with van der Waals surface area (Å²) in [5, 5.41) is 55.7. The van der Waals surface area contributed by atoms with Crippen molar-refractivity contribution in [1.82, 2.24) is 66.1 Å². The number of aromatic nitrogens is 7. The van der Waals surface area contributed by atoms with Crippen LogP contribution in [0, 0.1) is 0 Å². The van der Waals surface area contributed by atoms with Crippen molar-refractivity contribution < 1.29 is 86.9 Å². The first-order chi connectivity index (χ1) is 47.3. The van der Waals surface area contributed by atoms with Gasteiger partial charge in [0.25, 0.3) is 29.5 Å². The van der Waals surface area contributed by atoms with Crippen molar-refractivity contribution in [2.24, 2.45) is 5.73 Å². The summed E-state index contributed by atoms with van der Waals surface area (Å²) in [6.45, 7) is 10.1. The van der Waals surface area contributed by atoms with Crippen LogP contribution in [0.15, 0.2) is 69.2 Å². The van der Waals surface area contributed by atoms with Crippen molar-refractivity contribution in [1.29, 1.82) is 0 Å². The molecule has 11 atom stereocenters. The fourth-order valence-electron chi connectivity index (χ4n) is 12.3. The number of benzene rings is 1. The van der Waals surface area contributed by atoms with Gasteiger partial charge in [-0.25, -0.2) is 39.5 Å². The number of amides is 6. The molecule has 5 aliphatic heterocycles. The summed E-state index contributed by atoms with van der Waals surface area (Å²) in [5.74, 6) is -8.11. The molecule has 2 fully saturated rings. The zero-order valence-corrected chi connectivity index (χ0v) is 57.2. The molecule has 32 nitrogen and oxygen atoms in total. The van der Waals surface area contributed by atoms with Crippen molar-refractivity contribution in [2.45, 2.75) is 121 Å². The van der Waals surface area contributed by atoms with Gasteiger partial charge in [0.05, 0.1) is 48.8 Å². The number of likely N-dealkylation sites (N-methyl/N-ethyl adjacent to an activating group) is 1. The summed E-state index contributed by atoms with van der Waals surface area (Å²) in [7, 11) is 3.22. The normalized spacial score (nSPS) is 25.4. The maximum Gasteiger partial charge on any atom is 0.358 e. The van der Waals surface area contributed by atoms with Gasteiger partial charge in [-0.05, 0) is 59.4 Å². The summed E-state index contributed by atoms with van der Waals surface area (Å²) in [4.78, 5) is 144. The molecule has 516 valence electrons.